The van der Waals surface area contributed by atoms with Gasteiger partial charge in [0.2, 0.25) is 0 Å². The van der Waals surface area contributed by atoms with Gasteiger partial charge >= 0.3 is 0 Å². The molecule has 2 aliphatic rings. The molecule has 82 valence electrons. The third-order valence-corrected chi connectivity index (χ3v) is 2.50. The van der Waals surface area contributed by atoms with Crippen molar-refractivity contribution in [3.63, 3.8) is 0 Å². The summed E-state index contributed by atoms with van der Waals surface area (Å²) in [6.07, 6.45) is -4.90. The topological polar surface area (TPSA) is 88.4 Å². The highest BCUT2D eigenvalue weighted by Gasteiger charge is 2.50. The van der Waals surface area contributed by atoms with Gasteiger partial charge in [0.25, 0.3) is 0 Å². The van der Waals surface area contributed by atoms with Crippen molar-refractivity contribution in [2.75, 3.05) is 6.61 Å². The predicted octanol–water partition coefficient (Wildman–Crippen LogP) is -1.81. The first-order valence-electron chi connectivity index (χ1n) is 4.57. The van der Waals surface area contributed by atoms with Crippen molar-refractivity contribution in [3.8, 4) is 0 Å². The van der Waals surface area contributed by atoms with Crippen molar-refractivity contribution >= 4 is 0 Å². The average Bonchev–Trinajstić information content (AvgIpc) is 2.52. The highest BCUT2D eigenvalue weighted by Crippen LogP contribution is 2.30. The van der Waals surface area contributed by atoms with E-state index in [1.54, 1.807) is 6.92 Å². The molecule has 6 nitrogen and oxygen atoms in total. The van der Waals surface area contributed by atoms with Gasteiger partial charge in [-0.1, -0.05) is 0 Å². The summed E-state index contributed by atoms with van der Waals surface area (Å²) < 4.78 is 15.6. The molecular weight excluding hydrogens is 192 g/mol. The van der Waals surface area contributed by atoms with Gasteiger partial charge in [0.05, 0.1) is 6.61 Å². The zero-order chi connectivity index (χ0) is 10.3. The third kappa shape index (κ3) is 1.54. The SMILES string of the molecule is CC1OC2[C@H](O1)OC(CO)[C@@H](O)[C@@H]2O. The number of aliphatic hydroxyl groups excluding tert-OH is 3. The summed E-state index contributed by atoms with van der Waals surface area (Å²) >= 11 is 0. The third-order valence-electron chi connectivity index (χ3n) is 2.50. The van der Waals surface area contributed by atoms with E-state index < -0.39 is 37.0 Å². The first-order chi connectivity index (χ1) is 6.63. The molecule has 0 bridgehead atoms. The van der Waals surface area contributed by atoms with E-state index in [1.165, 1.54) is 0 Å². The van der Waals surface area contributed by atoms with Crippen molar-refractivity contribution in [1.82, 2.24) is 0 Å². The van der Waals surface area contributed by atoms with Gasteiger partial charge in [-0.15, -0.1) is 0 Å². The molecule has 2 rings (SSSR count). The van der Waals surface area contributed by atoms with E-state index in [4.69, 9.17) is 19.3 Å². The van der Waals surface area contributed by atoms with Crippen LogP contribution in [-0.2, 0) is 14.2 Å². The maximum absolute atomic E-state index is 9.62. The molecule has 2 saturated heterocycles. The molecule has 3 N–H and O–H groups in total. The van der Waals surface area contributed by atoms with Gasteiger partial charge in [0, 0.05) is 0 Å². The Bertz CT molecular complexity index is 208. The lowest BCUT2D eigenvalue weighted by molar-refractivity contribution is -0.252. The zero-order valence-corrected chi connectivity index (χ0v) is 7.74. The van der Waals surface area contributed by atoms with E-state index in [2.05, 4.69) is 0 Å². The highest BCUT2D eigenvalue weighted by atomic mass is 16.8. The molecule has 0 spiro atoms. The van der Waals surface area contributed by atoms with Crippen LogP contribution in [0.15, 0.2) is 0 Å². The van der Waals surface area contributed by atoms with Crippen LogP contribution in [0.4, 0.5) is 0 Å². The summed E-state index contributed by atoms with van der Waals surface area (Å²) in [6.45, 7) is 1.31. The molecule has 0 aromatic rings. The number of hydrogen-bond donors (Lipinski definition) is 3. The summed E-state index contributed by atoms with van der Waals surface area (Å²) in [4.78, 5) is 0. The lowest BCUT2D eigenvalue weighted by Gasteiger charge is -2.36. The number of hydrogen-bond acceptors (Lipinski definition) is 6. The average molecular weight is 206 g/mol. The Morgan fingerprint density at radius 3 is 2.43 bits per heavy atom. The van der Waals surface area contributed by atoms with Crippen LogP contribution in [0.1, 0.15) is 6.92 Å². The summed E-state index contributed by atoms with van der Waals surface area (Å²) in [5, 5.41) is 28.0. The van der Waals surface area contributed by atoms with Crippen molar-refractivity contribution in [2.24, 2.45) is 0 Å². The second-order valence-electron chi connectivity index (χ2n) is 3.51. The van der Waals surface area contributed by atoms with Gasteiger partial charge in [0.1, 0.15) is 24.4 Å². The van der Waals surface area contributed by atoms with Gasteiger partial charge in [0.15, 0.2) is 12.6 Å². The fraction of sp³-hybridized carbons (Fsp3) is 1.00. The molecule has 2 aliphatic heterocycles. The first-order valence-corrected chi connectivity index (χ1v) is 4.57. The molecule has 14 heavy (non-hydrogen) atoms. The lowest BCUT2D eigenvalue weighted by atomic mass is 9.99. The minimum atomic E-state index is -1.14. The molecule has 3 unspecified atom stereocenters. The van der Waals surface area contributed by atoms with Crippen LogP contribution in [0.5, 0.6) is 0 Å². The predicted molar refractivity (Wildman–Crippen MR) is 43.2 cm³/mol. The molecule has 0 saturated carbocycles. The van der Waals surface area contributed by atoms with Gasteiger partial charge in [-0.2, -0.15) is 0 Å². The zero-order valence-electron chi connectivity index (χ0n) is 7.74. The van der Waals surface area contributed by atoms with Gasteiger partial charge in [-0.3, -0.25) is 0 Å². The monoisotopic (exact) mass is 206 g/mol. The number of ether oxygens (including phenoxy) is 3. The summed E-state index contributed by atoms with van der Waals surface area (Å²) in [5.41, 5.74) is 0. The lowest BCUT2D eigenvalue weighted by Crippen LogP contribution is -2.57. The molecule has 0 radical (unpaired) electrons. The van der Waals surface area contributed by atoms with Crippen LogP contribution in [-0.4, -0.2) is 58.9 Å². The van der Waals surface area contributed by atoms with Crippen molar-refractivity contribution in [3.05, 3.63) is 0 Å². The molecule has 2 fully saturated rings. The van der Waals surface area contributed by atoms with E-state index in [9.17, 15) is 10.2 Å². The highest BCUT2D eigenvalue weighted by molar-refractivity contribution is 4.91. The van der Waals surface area contributed by atoms with E-state index in [-0.39, 0.29) is 6.61 Å². The van der Waals surface area contributed by atoms with Gasteiger partial charge in [-0.05, 0) is 6.92 Å². The first kappa shape index (κ1) is 10.3. The Morgan fingerprint density at radius 1 is 1.07 bits per heavy atom. The van der Waals surface area contributed by atoms with Crippen LogP contribution < -0.4 is 0 Å². The largest absolute Gasteiger partial charge is 0.394 e. The van der Waals surface area contributed by atoms with E-state index in [0.717, 1.165) is 0 Å². The van der Waals surface area contributed by atoms with Crippen molar-refractivity contribution < 1.29 is 29.5 Å². The Balaban J connectivity index is 2.09. The molecule has 0 aromatic carbocycles. The minimum absolute atomic E-state index is 0.362. The minimum Gasteiger partial charge on any atom is -0.394 e. The fourth-order valence-corrected chi connectivity index (χ4v) is 1.75. The van der Waals surface area contributed by atoms with E-state index >= 15 is 0 Å². The Labute approximate surface area is 81.0 Å². The molecule has 0 aliphatic carbocycles. The van der Waals surface area contributed by atoms with E-state index in [1.807, 2.05) is 0 Å². The standard InChI is InChI=1S/C8H14O6/c1-3-12-7-6(11)5(10)4(2-9)14-8(7)13-3/h3-11H,2H2,1H3/t3?,4?,5-,6+,7?,8-/m1/s1. The van der Waals surface area contributed by atoms with Crippen LogP contribution in [0.3, 0.4) is 0 Å². The molecule has 6 heteroatoms. The maximum Gasteiger partial charge on any atom is 0.190 e. The molecule has 2 heterocycles. The Kier molecular flexibility index (Phi) is 2.74. The fourth-order valence-electron chi connectivity index (χ4n) is 1.75. The number of fused-ring (bicyclic) bond motifs is 1. The van der Waals surface area contributed by atoms with Crippen LogP contribution in [0.25, 0.3) is 0 Å². The summed E-state index contributed by atoms with van der Waals surface area (Å²) in [7, 11) is 0. The van der Waals surface area contributed by atoms with Crippen molar-refractivity contribution in [1.29, 1.82) is 0 Å². The van der Waals surface area contributed by atoms with Crippen molar-refractivity contribution in [2.45, 2.75) is 43.9 Å². The number of rotatable bonds is 1. The van der Waals surface area contributed by atoms with Gasteiger partial charge < -0.3 is 29.5 Å². The molecular formula is C8H14O6. The Morgan fingerprint density at radius 2 is 1.79 bits per heavy atom. The summed E-state index contributed by atoms with van der Waals surface area (Å²) in [6, 6.07) is 0. The second kappa shape index (κ2) is 3.73. The quantitative estimate of drug-likeness (QED) is 0.468. The number of aliphatic hydroxyl groups is 3. The summed E-state index contributed by atoms with van der Waals surface area (Å²) in [5.74, 6) is 0. The van der Waals surface area contributed by atoms with Crippen LogP contribution >= 0.6 is 0 Å². The second-order valence-corrected chi connectivity index (χ2v) is 3.51. The molecule has 0 amide bonds. The smallest absolute Gasteiger partial charge is 0.190 e. The normalized spacial score (nSPS) is 53.1. The van der Waals surface area contributed by atoms with Crippen LogP contribution in [0, 0.1) is 0 Å². The maximum atomic E-state index is 9.62. The van der Waals surface area contributed by atoms with Gasteiger partial charge in [-0.25, -0.2) is 0 Å². The molecule has 0 aromatic heterocycles. The Hall–Kier alpha value is -0.240. The van der Waals surface area contributed by atoms with Crippen LogP contribution in [0.2, 0.25) is 0 Å². The molecule has 6 atom stereocenters. The van der Waals surface area contributed by atoms with E-state index in [0.29, 0.717) is 0 Å².